The molecule has 7 heteroatoms. The fourth-order valence-corrected chi connectivity index (χ4v) is 3.68. The van der Waals surface area contributed by atoms with E-state index in [-0.39, 0.29) is 6.61 Å². The van der Waals surface area contributed by atoms with Crippen molar-refractivity contribution in [3.05, 3.63) is 34.3 Å². The zero-order valence-corrected chi connectivity index (χ0v) is 21.8. The van der Waals surface area contributed by atoms with Gasteiger partial charge in [0.2, 0.25) is 10.4 Å². The molecule has 0 spiro atoms. The molecule has 0 saturated carbocycles. The smallest absolute Gasteiger partial charge is 0.217 e. The van der Waals surface area contributed by atoms with Gasteiger partial charge >= 0.3 is 0 Å². The van der Waals surface area contributed by atoms with Gasteiger partial charge < -0.3 is 9.04 Å². The Bertz CT molecular complexity index is 650. The summed E-state index contributed by atoms with van der Waals surface area (Å²) in [6.45, 7) is 6.70. The molecule has 0 unspecified atom stereocenters. The Morgan fingerprint density at radius 2 is 1.40 bits per heavy atom. The molecule has 0 saturated heterocycles. The maximum absolute atomic E-state index is 10.1. The molecular weight excluding hydrogens is 466 g/mol. The van der Waals surface area contributed by atoms with Gasteiger partial charge in [-0.15, -0.1) is 0 Å². The number of hydrogen-bond donors (Lipinski definition) is 0. The molecule has 0 aliphatic carbocycles. The number of unbranched alkanes of at least 4 members (excludes halogenated alkanes) is 9. The number of rotatable bonds is 15. The van der Waals surface area contributed by atoms with Crippen LogP contribution in [0.15, 0.2) is 28.7 Å². The minimum atomic E-state index is -4.48. The second-order valence-electron chi connectivity index (χ2n) is 8.41. The molecule has 176 valence electrons. The highest BCUT2D eigenvalue weighted by Gasteiger charge is 2.13. The quantitative estimate of drug-likeness (QED) is 0.119. The summed E-state index contributed by atoms with van der Waals surface area (Å²) < 4.78 is 36.7. The van der Waals surface area contributed by atoms with E-state index in [1.807, 2.05) is 0 Å². The van der Waals surface area contributed by atoms with E-state index in [0.29, 0.717) is 6.42 Å². The lowest BCUT2D eigenvalue weighted by molar-refractivity contribution is -0.901. The Morgan fingerprint density at radius 1 is 0.900 bits per heavy atom. The fourth-order valence-electron chi connectivity index (χ4n) is 2.95. The topological polar surface area (TPSA) is 66.4 Å². The van der Waals surface area contributed by atoms with E-state index in [1.54, 1.807) is 0 Å². The molecule has 0 atom stereocenters. The Labute approximate surface area is 193 Å². The largest absolute Gasteiger partial charge is 0.726 e. The van der Waals surface area contributed by atoms with Gasteiger partial charge in [-0.2, -0.15) is 0 Å². The Balaban J connectivity index is 0.000000579. The molecule has 0 heterocycles. The summed E-state index contributed by atoms with van der Waals surface area (Å²) in [5.41, 5.74) is 1.38. The normalized spacial score (nSPS) is 11.8. The molecule has 0 N–H and O–H groups in total. The SMILES string of the molecule is CCCCCCCCCCCCOS(=O)(=O)[O-].CC[N+](C)(C)Cc1ccccc1Br. The first-order valence-corrected chi connectivity index (χ1v) is 13.4. The zero-order chi connectivity index (χ0) is 22.9. The summed E-state index contributed by atoms with van der Waals surface area (Å²) in [5.74, 6) is 0. The van der Waals surface area contributed by atoms with Crippen LogP contribution in [0.25, 0.3) is 0 Å². The minimum absolute atomic E-state index is 0.0301. The zero-order valence-electron chi connectivity index (χ0n) is 19.4. The second kappa shape index (κ2) is 17.1. The molecule has 0 aliphatic rings. The highest BCUT2D eigenvalue weighted by Crippen LogP contribution is 2.19. The van der Waals surface area contributed by atoms with Crippen molar-refractivity contribution >= 4 is 26.3 Å². The summed E-state index contributed by atoms with van der Waals surface area (Å²) in [4.78, 5) is 0. The van der Waals surface area contributed by atoms with Gasteiger partial charge in [-0.3, -0.25) is 4.18 Å². The number of benzene rings is 1. The Morgan fingerprint density at radius 3 is 1.87 bits per heavy atom. The number of halogens is 1. The van der Waals surface area contributed by atoms with Crippen LogP contribution in [0.5, 0.6) is 0 Å². The van der Waals surface area contributed by atoms with E-state index >= 15 is 0 Å². The summed E-state index contributed by atoms with van der Waals surface area (Å²) >= 11 is 3.57. The summed E-state index contributed by atoms with van der Waals surface area (Å²) in [7, 11) is 0.0145. The molecule has 0 amide bonds. The van der Waals surface area contributed by atoms with Crippen molar-refractivity contribution in [3.8, 4) is 0 Å². The maximum Gasteiger partial charge on any atom is 0.217 e. The first-order chi connectivity index (χ1) is 14.1. The third-order valence-corrected chi connectivity index (χ3v) is 6.37. The van der Waals surface area contributed by atoms with Crippen molar-refractivity contribution in [1.29, 1.82) is 0 Å². The van der Waals surface area contributed by atoms with E-state index in [0.717, 1.165) is 30.4 Å². The molecule has 0 aliphatic heterocycles. The van der Waals surface area contributed by atoms with E-state index in [1.165, 1.54) is 55.0 Å². The van der Waals surface area contributed by atoms with Gasteiger partial charge in [0.05, 0.1) is 27.2 Å². The number of hydrogen-bond acceptors (Lipinski definition) is 4. The predicted octanol–water partition coefficient (Wildman–Crippen LogP) is 6.43. The molecule has 0 aromatic heterocycles. The Hall–Kier alpha value is -0.470. The van der Waals surface area contributed by atoms with Crippen LogP contribution in [-0.4, -0.2) is 44.7 Å². The highest BCUT2D eigenvalue weighted by atomic mass is 79.9. The Kier molecular flexibility index (Phi) is 16.9. The van der Waals surface area contributed by atoms with Crippen LogP contribution in [0, 0.1) is 0 Å². The predicted molar refractivity (Wildman–Crippen MR) is 128 cm³/mol. The van der Waals surface area contributed by atoms with Crippen molar-refractivity contribution in [2.45, 2.75) is 84.6 Å². The summed E-state index contributed by atoms with van der Waals surface area (Å²) in [6, 6.07) is 8.43. The molecule has 5 nitrogen and oxygen atoms in total. The van der Waals surface area contributed by atoms with E-state index in [4.69, 9.17) is 0 Å². The van der Waals surface area contributed by atoms with Crippen LogP contribution in [0.2, 0.25) is 0 Å². The first-order valence-electron chi connectivity index (χ1n) is 11.3. The van der Waals surface area contributed by atoms with Gasteiger partial charge in [0, 0.05) is 10.0 Å². The monoisotopic (exact) mass is 507 g/mol. The van der Waals surface area contributed by atoms with Gasteiger partial charge in [0.15, 0.2) is 0 Å². The van der Waals surface area contributed by atoms with Crippen molar-refractivity contribution in [2.24, 2.45) is 0 Å². The second-order valence-corrected chi connectivity index (χ2v) is 10.3. The lowest BCUT2D eigenvalue weighted by Crippen LogP contribution is -2.38. The third-order valence-electron chi connectivity index (χ3n) is 5.14. The van der Waals surface area contributed by atoms with Crippen LogP contribution in [-0.2, 0) is 21.1 Å². The van der Waals surface area contributed by atoms with Crippen molar-refractivity contribution in [3.63, 3.8) is 0 Å². The average Bonchev–Trinajstić information content (AvgIpc) is 2.67. The fraction of sp³-hybridized carbons (Fsp3) is 0.739. The molecule has 0 bridgehead atoms. The number of quaternary nitrogens is 1. The standard InChI is InChI=1S/C12H26O4S.C11H17BrN/c1-2-3-4-5-6-7-8-9-10-11-12-16-17(13,14)15;1-4-13(2,3)9-10-7-5-6-8-11(10)12/h2-12H2,1H3,(H,13,14,15);5-8H,4,9H2,1-3H3/q;+1/p-1. The lowest BCUT2D eigenvalue weighted by atomic mass is 10.1. The van der Waals surface area contributed by atoms with Crippen LogP contribution in [0.4, 0.5) is 0 Å². The van der Waals surface area contributed by atoms with E-state index in [9.17, 15) is 13.0 Å². The third kappa shape index (κ3) is 18.3. The molecule has 1 aromatic carbocycles. The first kappa shape index (κ1) is 29.5. The molecule has 1 rings (SSSR count). The molecule has 1 aromatic rings. The van der Waals surface area contributed by atoms with E-state index in [2.05, 4.69) is 72.3 Å². The van der Waals surface area contributed by atoms with Gasteiger partial charge in [0.1, 0.15) is 6.54 Å². The van der Waals surface area contributed by atoms with Gasteiger partial charge in [-0.1, -0.05) is 98.8 Å². The molecular formula is C23H42BrNO4S. The molecule has 30 heavy (non-hydrogen) atoms. The van der Waals surface area contributed by atoms with Crippen LogP contribution >= 0.6 is 15.9 Å². The van der Waals surface area contributed by atoms with Crippen LogP contribution < -0.4 is 0 Å². The average molecular weight is 509 g/mol. The van der Waals surface area contributed by atoms with Crippen molar-refractivity contribution in [2.75, 3.05) is 27.2 Å². The lowest BCUT2D eigenvalue weighted by Gasteiger charge is -2.28. The summed E-state index contributed by atoms with van der Waals surface area (Å²) in [6.07, 6.45) is 11.7. The van der Waals surface area contributed by atoms with Gasteiger partial charge in [-0.25, -0.2) is 8.42 Å². The van der Waals surface area contributed by atoms with Crippen LogP contribution in [0.3, 0.4) is 0 Å². The maximum atomic E-state index is 10.1. The number of nitrogens with zero attached hydrogens (tertiary/aromatic N) is 1. The minimum Gasteiger partial charge on any atom is -0.726 e. The molecule has 0 fully saturated rings. The van der Waals surface area contributed by atoms with Gasteiger partial charge in [0.25, 0.3) is 0 Å². The highest BCUT2D eigenvalue weighted by molar-refractivity contribution is 9.10. The van der Waals surface area contributed by atoms with Crippen LogP contribution in [0.1, 0.15) is 83.6 Å². The summed E-state index contributed by atoms with van der Waals surface area (Å²) in [5, 5.41) is 0. The van der Waals surface area contributed by atoms with E-state index < -0.39 is 10.4 Å². The van der Waals surface area contributed by atoms with Gasteiger partial charge in [-0.05, 0) is 19.4 Å². The van der Waals surface area contributed by atoms with Crippen molar-refractivity contribution in [1.82, 2.24) is 0 Å². The van der Waals surface area contributed by atoms with Crippen molar-refractivity contribution < 1.29 is 21.6 Å². The molecule has 0 radical (unpaired) electrons.